The Hall–Kier alpha value is -3.17. The Morgan fingerprint density at radius 1 is 1.13 bits per heavy atom. The Labute approximate surface area is 182 Å². The second-order valence-corrected chi connectivity index (χ2v) is 8.10. The van der Waals surface area contributed by atoms with Crippen LogP contribution in [-0.2, 0) is 4.74 Å². The fourth-order valence-corrected chi connectivity index (χ4v) is 4.51. The van der Waals surface area contributed by atoms with Crippen molar-refractivity contribution in [3.8, 4) is 5.69 Å². The fourth-order valence-electron chi connectivity index (χ4n) is 3.68. The van der Waals surface area contributed by atoms with Crippen molar-refractivity contribution in [2.24, 2.45) is 0 Å². The molecule has 7 nitrogen and oxygen atoms in total. The number of para-hydroxylation sites is 1. The first-order valence-corrected chi connectivity index (χ1v) is 11.0. The molecule has 1 saturated heterocycles. The number of carbonyl (C=O) groups is 1. The number of hydrogen-bond donors (Lipinski definition) is 1. The van der Waals surface area contributed by atoms with Gasteiger partial charge in [-0.1, -0.05) is 36.0 Å². The number of thioether (sulfide) groups is 1. The first kappa shape index (κ1) is 19.8. The molecular formula is C22H20FN5O2S. The SMILES string of the molecule is O=C(CSc1nnc(N2CCOCC2)n1-c1cccc(F)c1)c1c[nH]c2ccccc12. The average Bonchev–Trinajstić information content (AvgIpc) is 3.42. The van der Waals surface area contributed by atoms with Crippen LogP contribution in [0.25, 0.3) is 16.6 Å². The van der Waals surface area contributed by atoms with E-state index >= 15 is 0 Å². The lowest BCUT2D eigenvalue weighted by atomic mass is 10.1. The van der Waals surface area contributed by atoms with E-state index in [4.69, 9.17) is 4.74 Å². The lowest BCUT2D eigenvalue weighted by Gasteiger charge is -2.27. The van der Waals surface area contributed by atoms with Crippen molar-refractivity contribution in [2.45, 2.75) is 5.16 Å². The van der Waals surface area contributed by atoms with Gasteiger partial charge in [-0.3, -0.25) is 9.36 Å². The number of benzene rings is 2. The molecule has 0 aliphatic carbocycles. The number of halogens is 1. The molecule has 1 N–H and O–H groups in total. The molecule has 4 aromatic rings. The summed E-state index contributed by atoms with van der Waals surface area (Å²) < 4.78 is 21.2. The van der Waals surface area contributed by atoms with Crippen LogP contribution in [0.1, 0.15) is 10.4 Å². The third-order valence-electron chi connectivity index (χ3n) is 5.20. The van der Waals surface area contributed by atoms with E-state index in [-0.39, 0.29) is 17.4 Å². The number of fused-ring (bicyclic) bond motifs is 1. The Bertz CT molecular complexity index is 1230. The maximum Gasteiger partial charge on any atom is 0.232 e. The van der Waals surface area contributed by atoms with Crippen LogP contribution < -0.4 is 4.90 Å². The number of nitrogens with zero attached hydrogens (tertiary/aromatic N) is 4. The number of Topliss-reactive ketones (excluding diaryl/α,β-unsaturated/α-hetero) is 1. The highest BCUT2D eigenvalue weighted by Crippen LogP contribution is 2.29. The summed E-state index contributed by atoms with van der Waals surface area (Å²) >= 11 is 1.29. The Kier molecular flexibility index (Phi) is 5.44. The third-order valence-corrected chi connectivity index (χ3v) is 6.13. The van der Waals surface area contributed by atoms with Gasteiger partial charge in [0.1, 0.15) is 5.82 Å². The average molecular weight is 438 g/mol. The van der Waals surface area contributed by atoms with Crippen LogP contribution in [0.15, 0.2) is 59.9 Å². The molecule has 9 heteroatoms. The minimum atomic E-state index is -0.343. The molecule has 2 aromatic carbocycles. The number of morpholine rings is 1. The van der Waals surface area contributed by atoms with Gasteiger partial charge in [0.05, 0.1) is 24.7 Å². The van der Waals surface area contributed by atoms with Crippen molar-refractivity contribution < 1.29 is 13.9 Å². The highest BCUT2D eigenvalue weighted by Gasteiger charge is 2.23. The van der Waals surface area contributed by atoms with E-state index < -0.39 is 0 Å². The van der Waals surface area contributed by atoms with Gasteiger partial charge >= 0.3 is 0 Å². The van der Waals surface area contributed by atoms with Gasteiger partial charge in [0.25, 0.3) is 0 Å². The summed E-state index contributed by atoms with van der Waals surface area (Å²) in [5.41, 5.74) is 2.19. The van der Waals surface area contributed by atoms with Crippen LogP contribution in [0.5, 0.6) is 0 Å². The molecule has 0 unspecified atom stereocenters. The van der Waals surface area contributed by atoms with Gasteiger partial charge in [-0.15, -0.1) is 10.2 Å². The Morgan fingerprint density at radius 3 is 2.81 bits per heavy atom. The molecule has 0 bridgehead atoms. The molecule has 0 saturated carbocycles. The summed E-state index contributed by atoms with van der Waals surface area (Å²) in [7, 11) is 0. The zero-order valence-corrected chi connectivity index (χ0v) is 17.4. The molecule has 5 rings (SSSR count). The quantitative estimate of drug-likeness (QED) is 0.366. The molecule has 0 atom stereocenters. The normalized spacial score (nSPS) is 14.3. The van der Waals surface area contributed by atoms with E-state index in [9.17, 15) is 9.18 Å². The van der Waals surface area contributed by atoms with Gasteiger partial charge in [0.15, 0.2) is 10.9 Å². The smallest absolute Gasteiger partial charge is 0.232 e. The number of ketones is 1. The van der Waals surface area contributed by atoms with Gasteiger partial charge < -0.3 is 14.6 Å². The van der Waals surface area contributed by atoms with Gasteiger partial charge in [-0.25, -0.2) is 4.39 Å². The zero-order chi connectivity index (χ0) is 21.2. The number of H-pyrrole nitrogens is 1. The maximum absolute atomic E-state index is 14.0. The van der Waals surface area contributed by atoms with Crippen LogP contribution in [-0.4, -0.2) is 57.6 Å². The molecule has 0 radical (unpaired) electrons. The number of aromatic amines is 1. The van der Waals surface area contributed by atoms with Crippen LogP contribution in [0.3, 0.4) is 0 Å². The van der Waals surface area contributed by atoms with Gasteiger partial charge in [-0.2, -0.15) is 0 Å². The molecule has 3 heterocycles. The van der Waals surface area contributed by atoms with E-state index in [0.717, 1.165) is 10.9 Å². The lowest BCUT2D eigenvalue weighted by Crippen LogP contribution is -2.37. The first-order valence-electron chi connectivity index (χ1n) is 9.97. The van der Waals surface area contributed by atoms with E-state index in [1.165, 1.54) is 23.9 Å². The second-order valence-electron chi connectivity index (χ2n) is 7.16. The highest BCUT2D eigenvalue weighted by molar-refractivity contribution is 7.99. The predicted molar refractivity (Wildman–Crippen MR) is 118 cm³/mol. The van der Waals surface area contributed by atoms with Crippen LogP contribution >= 0.6 is 11.8 Å². The highest BCUT2D eigenvalue weighted by atomic mass is 32.2. The molecule has 1 aliphatic heterocycles. The van der Waals surface area contributed by atoms with Crippen molar-refractivity contribution in [3.05, 3.63) is 66.1 Å². The molecular weight excluding hydrogens is 417 g/mol. The third kappa shape index (κ3) is 3.94. The van der Waals surface area contributed by atoms with Crippen LogP contribution in [0, 0.1) is 5.82 Å². The summed E-state index contributed by atoms with van der Waals surface area (Å²) in [6.07, 6.45) is 1.74. The van der Waals surface area contributed by atoms with E-state index in [1.807, 2.05) is 34.9 Å². The molecule has 1 fully saturated rings. The molecule has 0 spiro atoms. The second kappa shape index (κ2) is 8.52. The standard InChI is InChI=1S/C22H20FN5O2S/c23-15-4-3-5-16(12-15)28-21(27-8-10-30-11-9-27)25-26-22(28)31-14-20(29)18-13-24-19-7-2-1-6-17(18)19/h1-7,12-13,24H,8-11,14H2. The summed E-state index contributed by atoms with van der Waals surface area (Å²) in [4.78, 5) is 18.1. The van der Waals surface area contributed by atoms with Gasteiger partial charge in [0, 0.05) is 35.8 Å². The van der Waals surface area contributed by atoms with Gasteiger partial charge in [-0.05, 0) is 24.3 Å². The summed E-state index contributed by atoms with van der Waals surface area (Å²) in [5, 5.41) is 10.1. The number of aromatic nitrogens is 4. The maximum atomic E-state index is 14.0. The molecule has 2 aromatic heterocycles. The largest absolute Gasteiger partial charge is 0.378 e. The van der Waals surface area contributed by atoms with Crippen molar-refractivity contribution in [3.63, 3.8) is 0 Å². The summed E-state index contributed by atoms with van der Waals surface area (Å²) in [6.45, 7) is 2.54. The van der Waals surface area contributed by atoms with Crippen LogP contribution in [0.2, 0.25) is 0 Å². The van der Waals surface area contributed by atoms with E-state index in [2.05, 4.69) is 20.1 Å². The van der Waals surface area contributed by atoms with Crippen LogP contribution in [0.4, 0.5) is 10.3 Å². The molecule has 158 valence electrons. The van der Waals surface area contributed by atoms with Crippen molar-refractivity contribution in [1.82, 2.24) is 19.7 Å². The monoisotopic (exact) mass is 437 g/mol. The minimum Gasteiger partial charge on any atom is -0.378 e. The molecule has 0 amide bonds. The Morgan fingerprint density at radius 2 is 1.97 bits per heavy atom. The number of nitrogens with one attached hydrogen (secondary N) is 1. The number of rotatable bonds is 6. The van der Waals surface area contributed by atoms with E-state index in [0.29, 0.717) is 48.7 Å². The number of anilines is 1. The lowest BCUT2D eigenvalue weighted by molar-refractivity contribution is 0.102. The topological polar surface area (TPSA) is 76.0 Å². The van der Waals surface area contributed by atoms with Gasteiger partial charge in [0.2, 0.25) is 5.95 Å². The van der Waals surface area contributed by atoms with Crippen molar-refractivity contribution in [1.29, 1.82) is 0 Å². The summed E-state index contributed by atoms with van der Waals surface area (Å²) in [6, 6.07) is 14.0. The zero-order valence-electron chi connectivity index (χ0n) is 16.6. The minimum absolute atomic E-state index is 0.0100. The fraction of sp³-hybridized carbons (Fsp3) is 0.227. The number of hydrogen-bond acceptors (Lipinski definition) is 6. The number of carbonyl (C=O) groups excluding carboxylic acids is 1. The van der Waals surface area contributed by atoms with Crippen molar-refractivity contribution in [2.75, 3.05) is 37.0 Å². The molecule has 1 aliphatic rings. The predicted octanol–water partition coefficient (Wildman–Crippen LogP) is 3.70. The Balaban J connectivity index is 1.44. The molecule has 31 heavy (non-hydrogen) atoms. The number of ether oxygens (including phenoxy) is 1. The van der Waals surface area contributed by atoms with Crippen molar-refractivity contribution >= 4 is 34.4 Å². The van der Waals surface area contributed by atoms with E-state index in [1.54, 1.807) is 12.3 Å². The summed E-state index contributed by atoms with van der Waals surface area (Å²) in [5.74, 6) is 0.461. The first-order chi connectivity index (χ1) is 15.2.